The zero-order valence-electron chi connectivity index (χ0n) is 16.0. The molecule has 0 bridgehead atoms. The molecule has 0 spiro atoms. The van der Waals surface area contributed by atoms with Gasteiger partial charge in [0, 0.05) is 10.0 Å². The lowest BCUT2D eigenvalue weighted by molar-refractivity contribution is -0.153. The summed E-state index contributed by atoms with van der Waals surface area (Å²) in [6.45, 7) is 3.78. The topological polar surface area (TPSA) is 68.2 Å². The summed E-state index contributed by atoms with van der Waals surface area (Å²) in [7, 11) is 0. The Balaban J connectivity index is 2.12. The van der Waals surface area contributed by atoms with Crippen molar-refractivity contribution in [3.05, 3.63) is 64.1 Å². The number of anilines is 1. The second kappa shape index (κ2) is 9.29. The van der Waals surface area contributed by atoms with Crippen LogP contribution in [0.25, 0.3) is 0 Å². The van der Waals surface area contributed by atoms with Crippen LogP contribution in [0.5, 0.6) is 0 Å². The maximum atomic E-state index is 12.9. The molecule has 1 heterocycles. The van der Waals surface area contributed by atoms with Gasteiger partial charge >= 0.3 is 11.9 Å². The summed E-state index contributed by atoms with van der Waals surface area (Å²) < 4.78 is 10.5. The highest BCUT2D eigenvalue weighted by atomic mass is 35.5. The van der Waals surface area contributed by atoms with E-state index in [2.05, 4.69) is 5.10 Å². The van der Waals surface area contributed by atoms with E-state index < -0.39 is 23.9 Å². The summed E-state index contributed by atoms with van der Waals surface area (Å²) in [6.07, 6.45) is 0. The number of carbonyl (C=O) groups excluding carboxylic acids is 2. The quantitative estimate of drug-likeness (QED) is 0.632. The number of nitrogens with zero attached hydrogens (tertiary/aromatic N) is 2. The first-order valence-electron chi connectivity index (χ1n) is 9.18. The number of carbonyl (C=O) groups is 2. The predicted octanol–water partition coefficient (Wildman–Crippen LogP) is 4.33. The molecule has 2 unspecified atom stereocenters. The van der Waals surface area contributed by atoms with E-state index in [4.69, 9.17) is 32.7 Å². The minimum Gasteiger partial charge on any atom is -0.465 e. The summed E-state index contributed by atoms with van der Waals surface area (Å²) in [5.74, 6) is -2.06. The molecule has 0 saturated heterocycles. The van der Waals surface area contributed by atoms with E-state index in [1.807, 2.05) is 0 Å². The SMILES string of the molecule is CCOC(=O)C1C(c2ccc(Cl)cc2)=NN(c2ccc(Cl)cc2)C1C(=O)OCC. The number of hydrogen-bond acceptors (Lipinski definition) is 6. The molecule has 2 atom stereocenters. The second-order valence-electron chi connectivity index (χ2n) is 6.24. The number of rotatable bonds is 6. The van der Waals surface area contributed by atoms with Gasteiger partial charge in [-0.2, -0.15) is 5.10 Å². The van der Waals surface area contributed by atoms with Gasteiger partial charge in [-0.25, -0.2) is 9.80 Å². The van der Waals surface area contributed by atoms with Crippen molar-refractivity contribution in [2.45, 2.75) is 19.9 Å². The molecule has 2 aromatic rings. The Bertz CT molecular complexity index is 913. The Hall–Kier alpha value is -2.57. The molecule has 1 aliphatic heterocycles. The second-order valence-corrected chi connectivity index (χ2v) is 7.11. The number of hydrazone groups is 1. The summed E-state index contributed by atoms with van der Waals surface area (Å²) in [4.78, 5) is 25.7. The Morgan fingerprint density at radius 1 is 0.897 bits per heavy atom. The number of halogens is 2. The van der Waals surface area contributed by atoms with Crippen LogP contribution in [0.4, 0.5) is 5.69 Å². The van der Waals surface area contributed by atoms with Crippen LogP contribution in [0.2, 0.25) is 10.0 Å². The van der Waals surface area contributed by atoms with Crippen LogP contribution in [-0.2, 0) is 19.1 Å². The summed E-state index contributed by atoms with van der Waals surface area (Å²) in [5, 5.41) is 7.20. The normalized spacial score (nSPS) is 18.3. The first kappa shape index (κ1) is 21.1. The van der Waals surface area contributed by atoms with Crippen molar-refractivity contribution >= 4 is 46.5 Å². The van der Waals surface area contributed by atoms with E-state index in [0.717, 1.165) is 0 Å². The van der Waals surface area contributed by atoms with E-state index in [1.54, 1.807) is 62.4 Å². The zero-order chi connectivity index (χ0) is 21.0. The molecule has 29 heavy (non-hydrogen) atoms. The standard InChI is InChI=1S/C21H20Cl2N2O4/c1-3-28-20(26)17-18(13-5-7-14(22)8-6-13)24-25(19(17)21(27)29-4-2)16-11-9-15(23)10-12-16/h5-12,17,19H,3-4H2,1-2H3. The maximum absolute atomic E-state index is 12.9. The van der Waals surface area contributed by atoms with Crippen molar-refractivity contribution in [1.82, 2.24) is 0 Å². The smallest absolute Gasteiger partial charge is 0.332 e. The van der Waals surface area contributed by atoms with Crippen molar-refractivity contribution in [2.24, 2.45) is 11.0 Å². The van der Waals surface area contributed by atoms with Gasteiger partial charge in [-0.1, -0.05) is 35.3 Å². The molecule has 0 fully saturated rings. The van der Waals surface area contributed by atoms with Crippen LogP contribution in [0, 0.1) is 5.92 Å². The fourth-order valence-corrected chi connectivity index (χ4v) is 3.39. The van der Waals surface area contributed by atoms with Crippen LogP contribution in [0.1, 0.15) is 19.4 Å². The Kier molecular flexibility index (Phi) is 6.77. The van der Waals surface area contributed by atoms with Gasteiger partial charge in [0.05, 0.1) is 24.6 Å². The lowest BCUT2D eigenvalue weighted by atomic mass is 9.91. The average Bonchev–Trinajstić information content (AvgIpc) is 3.10. The third kappa shape index (κ3) is 4.54. The van der Waals surface area contributed by atoms with Gasteiger partial charge in [0.25, 0.3) is 0 Å². The van der Waals surface area contributed by atoms with Gasteiger partial charge in [0.1, 0.15) is 5.92 Å². The van der Waals surface area contributed by atoms with E-state index >= 15 is 0 Å². The third-order valence-corrected chi connectivity index (χ3v) is 4.89. The van der Waals surface area contributed by atoms with E-state index in [0.29, 0.717) is 27.0 Å². The molecule has 152 valence electrons. The van der Waals surface area contributed by atoms with Crippen LogP contribution >= 0.6 is 23.2 Å². The molecular weight excluding hydrogens is 415 g/mol. The molecule has 0 amide bonds. The minimum atomic E-state index is -0.999. The molecule has 0 N–H and O–H groups in total. The molecule has 2 aromatic carbocycles. The van der Waals surface area contributed by atoms with E-state index in [1.165, 1.54) is 5.01 Å². The van der Waals surface area contributed by atoms with Crippen LogP contribution in [-0.4, -0.2) is 36.9 Å². The molecule has 0 aromatic heterocycles. The highest BCUT2D eigenvalue weighted by Crippen LogP contribution is 2.33. The lowest BCUT2D eigenvalue weighted by Crippen LogP contribution is -2.45. The largest absolute Gasteiger partial charge is 0.465 e. The van der Waals surface area contributed by atoms with Gasteiger partial charge in [-0.15, -0.1) is 0 Å². The monoisotopic (exact) mass is 434 g/mol. The predicted molar refractivity (Wildman–Crippen MR) is 112 cm³/mol. The van der Waals surface area contributed by atoms with Crippen molar-refractivity contribution in [1.29, 1.82) is 0 Å². The highest BCUT2D eigenvalue weighted by molar-refractivity contribution is 6.31. The fourth-order valence-electron chi connectivity index (χ4n) is 3.14. The summed E-state index contributed by atoms with van der Waals surface area (Å²) >= 11 is 12.0. The molecular formula is C21H20Cl2N2O4. The number of esters is 2. The highest BCUT2D eigenvalue weighted by Gasteiger charge is 2.49. The molecule has 0 radical (unpaired) electrons. The Labute approximate surface area is 179 Å². The zero-order valence-corrected chi connectivity index (χ0v) is 17.5. The average molecular weight is 435 g/mol. The number of ether oxygens (including phenoxy) is 2. The van der Waals surface area contributed by atoms with Crippen molar-refractivity contribution < 1.29 is 19.1 Å². The first-order valence-corrected chi connectivity index (χ1v) is 9.94. The summed E-state index contributed by atoms with van der Waals surface area (Å²) in [6, 6.07) is 12.7. The van der Waals surface area contributed by atoms with Crippen LogP contribution in [0.3, 0.4) is 0 Å². The van der Waals surface area contributed by atoms with Gasteiger partial charge in [-0.3, -0.25) is 4.79 Å². The van der Waals surface area contributed by atoms with Gasteiger partial charge in [0.2, 0.25) is 0 Å². The number of hydrogen-bond donors (Lipinski definition) is 0. The third-order valence-electron chi connectivity index (χ3n) is 4.39. The van der Waals surface area contributed by atoms with Crippen LogP contribution < -0.4 is 5.01 Å². The van der Waals surface area contributed by atoms with Gasteiger partial charge in [0.15, 0.2) is 6.04 Å². The molecule has 3 rings (SSSR count). The van der Waals surface area contributed by atoms with Crippen molar-refractivity contribution in [3.8, 4) is 0 Å². The van der Waals surface area contributed by atoms with E-state index in [9.17, 15) is 9.59 Å². The van der Waals surface area contributed by atoms with E-state index in [-0.39, 0.29) is 13.2 Å². The van der Waals surface area contributed by atoms with Crippen molar-refractivity contribution in [3.63, 3.8) is 0 Å². The van der Waals surface area contributed by atoms with Crippen LogP contribution in [0.15, 0.2) is 53.6 Å². The Morgan fingerprint density at radius 3 is 1.97 bits per heavy atom. The van der Waals surface area contributed by atoms with Crippen molar-refractivity contribution in [2.75, 3.05) is 18.2 Å². The van der Waals surface area contributed by atoms with Gasteiger partial charge in [-0.05, 0) is 55.8 Å². The molecule has 1 aliphatic rings. The molecule has 0 saturated carbocycles. The minimum absolute atomic E-state index is 0.176. The first-order chi connectivity index (χ1) is 14.0. The van der Waals surface area contributed by atoms with Gasteiger partial charge < -0.3 is 9.47 Å². The molecule has 8 heteroatoms. The molecule has 0 aliphatic carbocycles. The fraction of sp³-hybridized carbons (Fsp3) is 0.286. The Morgan fingerprint density at radius 2 is 1.41 bits per heavy atom. The lowest BCUT2D eigenvalue weighted by Gasteiger charge is -2.25. The summed E-state index contributed by atoms with van der Waals surface area (Å²) in [5.41, 5.74) is 1.68. The maximum Gasteiger partial charge on any atom is 0.332 e. The molecule has 6 nitrogen and oxygen atoms in total. The number of benzene rings is 2.